The second-order valence-electron chi connectivity index (χ2n) is 3.34. The number of hydrogen-bond donors (Lipinski definition) is 0. The van der Waals surface area contributed by atoms with Crippen molar-refractivity contribution in [3.05, 3.63) is 11.1 Å². The Kier molecular flexibility index (Phi) is 0.696. The predicted octanol–water partition coefficient (Wildman–Crippen LogP) is -1.29. The molecule has 6 nitrogen and oxygen atoms in total. The summed E-state index contributed by atoms with van der Waals surface area (Å²) in [4.78, 5) is 22.4. The molecule has 3 aliphatic rings. The van der Waals surface area contributed by atoms with Crippen LogP contribution in [0.3, 0.4) is 0 Å². The number of carbonyl (C=O) groups excluding carboxylic acids is 2. The Morgan fingerprint density at radius 2 is 1.08 bits per heavy atom. The van der Waals surface area contributed by atoms with E-state index in [4.69, 9.17) is 11.1 Å². The maximum absolute atomic E-state index is 11.2. The number of rotatable bonds is 0. The first kappa shape index (κ1) is 6.10. The highest BCUT2D eigenvalue weighted by Gasteiger charge is 2.81. The molecule has 3 fully saturated rings. The number of Topliss-reactive ketones (excluding diaryl/α,β-unsaturated/α-hetero) is 2. The molecule has 0 spiro atoms. The summed E-state index contributed by atoms with van der Waals surface area (Å²) < 4.78 is 1.51. The van der Waals surface area contributed by atoms with Gasteiger partial charge < -0.3 is 11.1 Å². The van der Waals surface area contributed by atoms with Crippen LogP contribution in [-0.4, -0.2) is 45.1 Å². The van der Waals surface area contributed by atoms with Crippen LogP contribution < -0.4 is 0 Å². The van der Waals surface area contributed by atoms with Gasteiger partial charge in [-0.05, 0) is 0 Å². The average molecular weight is 164 g/mol. The highest BCUT2D eigenvalue weighted by Crippen LogP contribution is 2.41. The minimum Gasteiger partial charge on any atom is -0.505 e. The molecule has 0 amide bonds. The fourth-order valence-electron chi connectivity index (χ4n) is 1.93. The number of carbonyl (C=O) groups is 2. The third-order valence-corrected chi connectivity index (χ3v) is 2.72. The molecule has 60 valence electrons. The lowest BCUT2D eigenvalue weighted by atomic mass is 9.98. The van der Waals surface area contributed by atoms with Crippen LogP contribution >= 0.6 is 0 Å². The molecular formula is C6H4N4O2. The zero-order valence-corrected chi connectivity index (χ0v) is 5.91. The molecule has 0 aromatic heterocycles. The number of hydrogen-bond acceptors (Lipinski definition) is 2. The van der Waals surface area contributed by atoms with Crippen LogP contribution in [0.2, 0.25) is 0 Å². The molecule has 2 aliphatic heterocycles. The Morgan fingerprint density at radius 3 is 1.33 bits per heavy atom. The summed E-state index contributed by atoms with van der Waals surface area (Å²) in [6, 6.07) is -2.74. The molecule has 0 aromatic rings. The molecule has 4 unspecified atom stereocenters. The predicted molar refractivity (Wildman–Crippen MR) is 32.4 cm³/mol. The van der Waals surface area contributed by atoms with E-state index in [1.807, 2.05) is 0 Å². The van der Waals surface area contributed by atoms with Crippen LogP contribution in [0.25, 0.3) is 11.1 Å². The topological polar surface area (TPSA) is 84.8 Å². The van der Waals surface area contributed by atoms with Gasteiger partial charge in [0.25, 0.3) is 35.7 Å². The number of ketones is 2. The lowest BCUT2D eigenvalue weighted by molar-refractivity contribution is -0.416. The Hall–Kier alpha value is -1.46. The van der Waals surface area contributed by atoms with E-state index in [2.05, 4.69) is 0 Å². The van der Waals surface area contributed by atoms with Crippen molar-refractivity contribution in [2.75, 3.05) is 0 Å². The van der Waals surface area contributed by atoms with Crippen LogP contribution in [0.4, 0.5) is 0 Å². The van der Waals surface area contributed by atoms with Crippen LogP contribution in [-0.2, 0) is 9.59 Å². The molecule has 1 saturated carbocycles. The summed E-state index contributed by atoms with van der Waals surface area (Å²) >= 11 is 0. The average Bonchev–Trinajstić information content (AvgIpc) is 2.84. The fourth-order valence-corrected chi connectivity index (χ4v) is 1.93. The summed E-state index contributed by atoms with van der Waals surface area (Å²) in [6.07, 6.45) is 0. The van der Waals surface area contributed by atoms with Crippen molar-refractivity contribution in [1.82, 2.24) is 0 Å². The first-order valence-corrected chi connectivity index (χ1v) is 3.66. The largest absolute Gasteiger partial charge is 0.505 e. The third kappa shape index (κ3) is 0.407. The van der Waals surface area contributed by atoms with E-state index in [1.165, 1.54) is 0 Å². The van der Waals surface area contributed by atoms with E-state index in [-0.39, 0.29) is 11.6 Å². The second-order valence-corrected chi connectivity index (χ2v) is 3.34. The first-order chi connectivity index (χ1) is 5.64. The summed E-state index contributed by atoms with van der Waals surface area (Å²) in [6.45, 7) is 0. The lowest BCUT2D eigenvalue weighted by Crippen LogP contribution is -2.31. The van der Waals surface area contributed by atoms with E-state index in [9.17, 15) is 9.59 Å². The Balaban J connectivity index is 2.07. The monoisotopic (exact) mass is 164 g/mol. The maximum atomic E-state index is 11.2. The van der Waals surface area contributed by atoms with E-state index < -0.39 is 24.2 Å². The molecule has 12 heavy (non-hydrogen) atoms. The molecule has 3 rings (SSSR count). The van der Waals surface area contributed by atoms with Crippen LogP contribution in [0.1, 0.15) is 0 Å². The first-order valence-electron chi connectivity index (χ1n) is 3.66. The summed E-state index contributed by atoms with van der Waals surface area (Å²) in [7, 11) is 0. The summed E-state index contributed by atoms with van der Waals surface area (Å²) in [5.74, 6) is -0.510. The molecule has 1 aliphatic carbocycles. The molecule has 0 radical (unpaired) electrons. The van der Waals surface area contributed by atoms with Crippen LogP contribution in [0, 0.1) is 0 Å². The maximum Gasteiger partial charge on any atom is 0.280 e. The third-order valence-electron chi connectivity index (χ3n) is 2.72. The van der Waals surface area contributed by atoms with Crippen molar-refractivity contribution in [1.29, 1.82) is 0 Å². The number of nitrogens with zero attached hydrogens (tertiary/aromatic N) is 4. The molecular weight excluding hydrogens is 160 g/mol. The van der Waals surface area contributed by atoms with Gasteiger partial charge in [0, 0.05) is 0 Å². The van der Waals surface area contributed by atoms with Gasteiger partial charge in [0.1, 0.15) is 0 Å². The van der Waals surface area contributed by atoms with Gasteiger partial charge in [0.2, 0.25) is 0 Å². The van der Waals surface area contributed by atoms with Gasteiger partial charge in [0.05, 0.1) is 0 Å². The molecule has 0 aromatic carbocycles. The van der Waals surface area contributed by atoms with Gasteiger partial charge in [-0.15, -0.1) is 0 Å². The van der Waals surface area contributed by atoms with Gasteiger partial charge in [-0.1, -0.05) is 0 Å². The van der Waals surface area contributed by atoms with Gasteiger partial charge in [-0.25, -0.2) is 0 Å². The second kappa shape index (κ2) is 1.37. The minimum absolute atomic E-state index is 0.255. The SMILES string of the molecule is [N-]=[N+]1C2C(=O)C3C(C(=O)C21)[N+]3=[N-]. The van der Waals surface area contributed by atoms with Crippen molar-refractivity contribution < 1.29 is 19.0 Å². The van der Waals surface area contributed by atoms with E-state index in [1.54, 1.807) is 0 Å². The van der Waals surface area contributed by atoms with Gasteiger partial charge in [0.15, 0.2) is 0 Å². The molecule has 2 saturated heterocycles. The minimum atomic E-state index is -0.684. The van der Waals surface area contributed by atoms with Crippen molar-refractivity contribution in [2.45, 2.75) is 24.2 Å². The normalized spacial score (nSPS) is 48.7. The fraction of sp³-hybridized carbons (Fsp3) is 0.667. The summed E-state index contributed by atoms with van der Waals surface area (Å²) in [5.41, 5.74) is 18.0. The number of fused-ring (bicyclic) bond motifs is 2. The van der Waals surface area contributed by atoms with E-state index >= 15 is 0 Å². The smallest absolute Gasteiger partial charge is 0.280 e. The van der Waals surface area contributed by atoms with Crippen molar-refractivity contribution in [3.63, 3.8) is 0 Å². The van der Waals surface area contributed by atoms with Crippen molar-refractivity contribution in [2.24, 2.45) is 0 Å². The molecule has 0 bridgehead atoms. The molecule has 6 heteroatoms. The molecule has 4 atom stereocenters. The zero-order chi connectivity index (χ0) is 8.62. The van der Waals surface area contributed by atoms with Crippen LogP contribution in [0.15, 0.2) is 0 Å². The lowest BCUT2D eigenvalue weighted by Gasteiger charge is -1.84. The van der Waals surface area contributed by atoms with E-state index in [0.717, 1.165) is 9.39 Å². The van der Waals surface area contributed by atoms with Crippen LogP contribution in [0.5, 0.6) is 0 Å². The zero-order valence-electron chi connectivity index (χ0n) is 5.91. The Morgan fingerprint density at radius 1 is 0.833 bits per heavy atom. The quantitative estimate of drug-likeness (QED) is 0.329. The standard InChI is InChI=1S/C6H4N4O2/c7-9-1-2(9)6(12)4-3(5(1)11)10(4)8/h1-4H. The van der Waals surface area contributed by atoms with Gasteiger partial charge in [-0.2, -0.15) is 0 Å². The van der Waals surface area contributed by atoms with E-state index in [0.29, 0.717) is 0 Å². The highest BCUT2D eigenvalue weighted by molar-refractivity contribution is 6.09. The summed E-state index contributed by atoms with van der Waals surface area (Å²) in [5, 5.41) is 0. The highest BCUT2D eigenvalue weighted by atomic mass is 16.2. The van der Waals surface area contributed by atoms with Crippen molar-refractivity contribution in [3.8, 4) is 0 Å². The molecule has 2 heterocycles. The van der Waals surface area contributed by atoms with Crippen molar-refractivity contribution >= 4 is 11.6 Å². The van der Waals surface area contributed by atoms with Gasteiger partial charge in [-0.3, -0.25) is 19.0 Å². The molecule has 0 N–H and O–H groups in total. The Bertz CT molecular complexity index is 310. The Labute approximate surface area is 66.8 Å². The van der Waals surface area contributed by atoms with Gasteiger partial charge >= 0.3 is 0 Å².